The van der Waals surface area contributed by atoms with Crippen molar-refractivity contribution in [1.29, 1.82) is 0 Å². The number of nitrogens with zero attached hydrogens (tertiary/aromatic N) is 2. The lowest BCUT2D eigenvalue weighted by Crippen LogP contribution is -2.54. The van der Waals surface area contributed by atoms with E-state index in [1.54, 1.807) is 18.2 Å². The number of barbiturate groups is 1. The van der Waals surface area contributed by atoms with Crippen molar-refractivity contribution in [2.75, 3.05) is 4.90 Å². The lowest BCUT2D eigenvalue weighted by molar-refractivity contribution is -0.122. The Hall–Kier alpha value is -3.20. The summed E-state index contributed by atoms with van der Waals surface area (Å²) in [5.41, 5.74) is 5.97. The Kier molecular flexibility index (Phi) is 5.77. The molecule has 2 heterocycles. The molecule has 4 amide bonds. The number of carbonyl (C=O) groups is 3. The smallest absolute Gasteiger partial charge is 0.318 e. The first-order chi connectivity index (χ1) is 15.2. The molecule has 1 fully saturated rings. The monoisotopic (exact) mass is 539 g/mol. The fourth-order valence-corrected chi connectivity index (χ4v) is 4.39. The number of urea groups is 1. The Morgan fingerprint density at radius 2 is 1.62 bits per heavy atom. The predicted molar refractivity (Wildman–Crippen MR) is 133 cm³/mol. The van der Waals surface area contributed by atoms with Crippen molar-refractivity contribution in [3.8, 4) is 5.69 Å². The number of anilines is 1. The van der Waals surface area contributed by atoms with Crippen LogP contribution >= 0.6 is 22.6 Å². The van der Waals surface area contributed by atoms with E-state index in [0.29, 0.717) is 5.69 Å². The molecule has 1 aliphatic rings. The summed E-state index contributed by atoms with van der Waals surface area (Å²) in [6.45, 7) is 7.78. The Morgan fingerprint density at radius 3 is 2.31 bits per heavy atom. The Morgan fingerprint density at radius 1 is 0.875 bits per heavy atom. The summed E-state index contributed by atoms with van der Waals surface area (Å²) in [4.78, 5) is 39.3. The molecule has 1 saturated heterocycles. The number of hydrogen-bond donors (Lipinski definition) is 1. The number of nitrogens with one attached hydrogen (secondary N) is 1. The molecule has 4 rings (SSSR count). The van der Waals surface area contributed by atoms with Crippen molar-refractivity contribution in [3.05, 3.63) is 85.8 Å². The van der Waals surface area contributed by atoms with Gasteiger partial charge in [0.05, 0.1) is 5.69 Å². The first kappa shape index (κ1) is 22.0. The van der Waals surface area contributed by atoms with Gasteiger partial charge < -0.3 is 4.57 Å². The molecule has 0 aliphatic carbocycles. The van der Waals surface area contributed by atoms with Crippen LogP contribution in [0.15, 0.2) is 54.1 Å². The minimum Gasteiger partial charge on any atom is -0.318 e. The highest BCUT2D eigenvalue weighted by atomic mass is 127. The molecule has 0 unspecified atom stereocenters. The van der Waals surface area contributed by atoms with Crippen LogP contribution in [0.4, 0.5) is 10.5 Å². The van der Waals surface area contributed by atoms with E-state index in [-0.39, 0.29) is 5.57 Å². The normalized spacial score (nSPS) is 15.5. The standard InChI is InChI=1S/C25H22IN3O3/c1-14-8-9-21(10-15(14)2)29-24(31)22(23(30)27-25(29)32)12-18-11-16(3)28(17(18)4)20-7-5-6-19(26)13-20/h5-13H,1-4H3,(H,27,30,32)/b22-12+. The van der Waals surface area contributed by atoms with Gasteiger partial charge in [-0.25, -0.2) is 9.69 Å². The van der Waals surface area contributed by atoms with Crippen molar-refractivity contribution in [1.82, 2.24) is 9.88 Å². The van der Waals surface area contributed by atoms with E-state index in [2.05, 4.69) is 38.5 Å². The van der Waals surface area contributed by atoms with Crippen molar-refractivity contribution in [3.63, 3.8) is 0 Å². The van der Waals surface area contributed by atoms with E-state index in [4.69, 9.17) is 0 Å². The third kappa shape index (κ3) is 3.88. The molecule has 3 aromatic rings. The Labute approximate surface area is 200 Å². The summed E-state index contributed by atoms with van der Waals surface area (Å²) in [6, 6.07) is 14.6. The van der Waals surface area contributed by atoms with Gasteiger partial charge in [-0.2, -0.15) is 0 Å². The van der Waals surface area contributed by atoms with Crippen LogP contribution in [-0.4, -0.2) is 22.4 Å². The van der Waals surface area contributed by atoms with Crippen molar-refractivity contribution < 1.29 is 14.4 Å². The Bertz CT molecular complexity index is 1320. The van der Waals surface area contributed by atoms with E-state index in [1.165, 1.54) is 0 Å². The van der Waals surface area contributed by atoms with Crippen molar-refractivity contribution in [2.24, 2.45) is 0 Å². The van der Waals surface area contributed by atoms with Gasteiger partial charge in [0.2, 0.25) is 0 Å². The van der Waals surface area contributed by atoms with E-state index in [0.717, 1.165) is 42.2 Å². The average Bonchev–Trinajstić information content (AvgIpc) is 3.00. The van der Waals surface area contributed by atoms with Gasteiger partial charge in [0.15, 0.2) is 0 Å². The van der Waals surface area contributed by atoms with E-state index >= 15 is 0 Å². The van der Waals surface area contributed by atoms with Gasteiger partial charge >= 0.3 is 6.03 Å². The molecule has 1 N–H and O–H groups in total. The molecular formula is C25H22IN3O3. The van der Waals surface area contributed by atoms with Gasteiger partial charge in [0.25, 0.3) is 11.8 Å². The van der Waals surface area contributed by atoms with Gasteiger partial charge in [-0.3, -0.25) is 14.9 Å². The fourth-order valence-electron chi connectivity index (χ4n) is 3.86. The van der Waals surface area contributed by atoms with Gasteiger partial charge in [0.1, 0.15) is 5.57 Å². The van der Waals surface area contributed by atoms with E-state index in [9.17, 15) is 14.4 Å². The number of benzene rings is 2. The lowest BCUT2D eigenvalue weighted by Gasteiger charge is -2.26. The zero-order valence-corrected chi connectivity index (χ0v) is 20.4. The third-order valence-corrected chi connectivity index (χ3v) is 6.36. The van der Waals surface area contributed by atoms with Crippen LogP contribution in [0.1, 0.15) is 28.1 Å². The van der Waals surface area contributed by atoms with Gasteiger partial charge in [-0.15, -0.1) is 0 Å². The predicted octanol–water partition coefficient (Wildman–Crippen LogP) is 4.98. The van der Waals surface area contributed by atoms with Gasteiger partial charge in [-0.1, -0.05) is 12.1 Å². The maximum Gasteiger partial charge on any atom is 0.335 e. The highest BCUT2D eigenvalue weighted by molar-refractivity contribution is 14.1. The molecule has 0 saturated carbocycles. The minimum atomic E-state index is -0.746. The summed E-state index contributed by atoms with van der Waals surface area (Å²) in [5.74, 6) is -1.33. The molecule has 7 heteroatoms. The zero-order valence-electron chi connectivity index (χ0n) is 18.2. The summed E-state index contributed by atoms with van der Waals surface area (Å²) in [7, 11) is 0. The second kappa shape index (κ2) is 8.38. The molecule has 0 atom stereocenters. The molecule has 2 aromatic carbocycles. The summed E-state index contributed by atoms with van der Waals surface area (Å²) >= 11 is 2.27. The topological polar surface area (TPSA) is 71.4 Å². The second-order valence-electron chi connectivity index (χ2n) is 7.87. The quantitative estimate of drug-likeness (QED) is 0.290. The molecule has 162 valence electrons. The summed E-state index contributed by atoms with van der Waals surface area (Å²) in [6.07, 6.45) is 1.56. The highest BCUT2D eigenvalue weighted by Crippen LogP contribution is 2.27. The molecule has 1 aromatic heterocycles. The first-order valence-corrected chi connectivity index (χ1v) is 11.2. The SMILES string of the molecule is Cc1ccc(N2C(=O)NC(=O)/C(=C\c3cc(C)n(-c4cccc(I)c4)c3C)C2=O)cc1C. The maximum absolute atomic E-state index is 13.2. The van der Waals surface area contributed by atoms with E-state index < -0.39 is 17.8 Å². The number of amides is 4. The molecule has 32 heavy (non-hydrogen) atoms. The molecule has 0 radical (unpaired) electrons. The number of aromatic nitrogens is 1. The number of imide groups is 2. The summed E-state index contributed by atoms with van der Waals surface area (Å²) < 4.78 is 3.18. The molecule has 0 spiro atoms. The van der Waals surface area contributed by atoms with Crippen LogP contribution in [0, 0.1) is 31.3 Å². The number of carbonyl (C=O) groups excluding carboxylic acids is 3. The van der Waals surface area contributed by atoms with E-state index in [1.807, 2.05) is 58.0 Å². The highest BCUT2D eigenvalue weighted by Gasteiger charge is 2.37. The van der Waals surface area contributed by atoms with Crippen LogP contribution in [0.25, 0.3) is 11.8 Å². The summed E-state index contributed by atoms with van der Waals surface area (Å²) in [5, 5.41) is 2.29. The second-order valence-corrected chi connectivity index (χ2v) is 9.11. The molecule has 6 nitrogen and oxygen atoms in total. The largest absolute Gasteiger partial charge is 0.335 e. The van der Waals surface area contributed by atoms with Crippen LogP contribution in [0.3, 0.4) is 0 Å². The maximum atomic E-state index is 13.2. The van der Waals surface area contributed by atoms with Gasteiger partial charge in [-0.05, 0) is 109 Å². The molecular weight excluding hydrogens is 517 g/mol. The van der Waals surface area contributed by atoms with Crippen molar-refractivity contribution in [2.45, 2.75) is 27.7 Å². The lowest BCUT2D eigenvalue weighted by atomic mass is 10.1. The minimum absolute atomic E-state index is 0.0780. The van der Waals surface area contributed by atoms with Crippen LogP contribution in [0.5, 0.6) is 0 Å². The number of hydrogen-bond acceptors (Lipinski definition) is 3. The fraction of sp³-hybridized carbons (Fsp3) is 0.160. The third-order valence-electron chi connectivity index (χ3n) is 5.69. The van der Waals surface area contributed by atoms with Crippen molar-refractivity contribution >= 4 is 52.2 Å². The number of halogens is 1. The van der Waals surface area contributed by atoms with Gasteiger partial charge in [0, 0.05) is 20.6 Å². The average molecular weight is 539 g/mol. The number of aryl methyl sites for hydroxylation is 3. The zero-order chi connectivity index (χ0) is 23.2. The number of rotatable bonds is 3. The molecule has 1 aliphatic heterocycles. The van der Waals surface area contributed by atoms with Crippen LogP contribution in [-0.2, 0) is 9.59 Å². The van der Waals surface area contributed by atoms with Crippen LogP contribution in [0.2, 0.25) is 0 Å². The Balaban J connectivity index is 1.77. The molecule has 0 bridgehead atoms. The first-order valence-electron chi connectivity index (χ1n) is 10.1. The van der Waals surface area contributed by atoms with Crippen LogP contribution < -0.4 is 10.2 Å².